The molecular formula is C10H15NO2S. The van der Waals surface area contributed by atoms with Gasteiger partial charge in [-0.25, -0.2) is 0 Å². The summed E-state index contributed by atoms with van der Waals surface area (Å²) in [6.07, 6.45) is -0.653. The number of nitrogens with two attached hydrogens (primary N) is 1. The Morgan fingerprint density at radius 1 is 1.36 bits per heavy atom. The van der Waals surface area contributed by atoms with Gasteiger partial charge in [0.1, 0.15) is 0 Å². The molecule has 3 nitrogen and oxygen atoms in total. The smallest absolute Gasteiger partial charge is 0.0777 e. The highest BCUT2D eigenvalue weighted by atomic mass is 32.2. The van der Waals surface area contributed by atoms with Crippen LogP contribution in [0.1, 0.15) is 5.56 Å². The normalized spacial score (nSPS) is 15.0. The maximum atomic E-state index is 11.5. The van der Waals surface area contributed by atoms with Gasteiger partial charge >= 0.3 is 0 Å². The molecule has 1 aromatic carbocycles. The molecule has 0 fully saturated rings. The highest BCUT2D eigenvalue weighted by Crippen LogP contribution is 2.03. The third kappa shape index (κ3) is 4.00. The fourth-order valence-electron chi connectivity index (χ4n) is 1.10. The van der Waals surface area contributed by atoms with Gasteiger partial charge in [-0.15, -0.1) is 0 Å². The summed E-state index contributed by atoms with van der Waals surface area (Å²) < 4.78 is 11.5. The minimum absolute atomic E-state index is 0.167. The second-order valence-corrected chi connectivity index (χ2v) is 4.63. The molecule has 0 heterocycles. The molecule has 0 aliphatic carbocycles. The van der Waals surface area contributed by atoms with E-state index in [-0.39, 0.29) is 12.3 Å². The molecule has 3 N–H and O–H groups in total. The summed E-state index contributed by atoms with van der Waals surface area (Å²) in [5.74, 6) is 0.739. The third-order valence-electron chi connectivity index (χ3n) is 1.82. The van der Waals surface area contributed by atoms with Crippen LogP contribution in [0, 0.1) is 0 Å². The summed E-state index contributed by atoms with van der Waals surface area (Å²) in [5, 5.41) is 9.19. The summed E-state index contributed by atoms with van der Waals surface area (Å²) in [6, 6.07) is 9.58. The summed E-state index contributed by atoms with van der Waals surface area (Å²) in [7, 11) is -1.03. The number of rotatable bonds is 5. The number of hydrogen-bond acceptors (Lipinski definition) is 3. The highest BCUT2D eigenvalue weighted by molar-refractivity contribution is 7.84. The lowest BCUT2D eigenvalue weighted by Crippen LogP contribution is -2.26. The maximum absolute atomic E-state index is 11.5. The Hall–Kier alpha value is -0.710. The standard InChI is InChI=1S/C10H15NO2S/c11-6-10(12)8-14(13)7-9-4-2-1-3-5-9/h1-5,10,12H,6-8,11H2. The number of aliphatic hydroxyl groups excluding tert-OH is 1. The van der Waals surface area contributed by atoms with E-state index in [9.17, 15) is 9.32 Å². The Labute approximate surface area is 86.4 Å². The average Bonchev–Trinajstić information content (AvgIpc) is 2.19. The fraction of sp³-hybridized carbons (Fsp3) is 0.400. The summed E-state index contributed by atoms with van der Waals surface area (Å²) in [6.45, 7) is 0.167. The number of benzene rings is 1. The van der Waals surface area contributed by atoms with Crippen molar-refractivity contribution in [2.24, 2.45) is 5.73 Å². The van der Waals surface area contributed by atoms with Crippen molar-refractivity contribution in [3.8, 4) is 0 Å². The van der Waals surface area contributed by atoms with Crippen LogP contribution in [-0.2, 0) is 16.6 Å². The molecule has 14 heavy (non-hydrogen) atoms. The number of aliphatic hydroxyl groups is 1. The first kappa shape index (κ1) is 11.4. The van der Waals surface area contributed by atoms with Crippen LogP contribution in [0.5, 0.6) is 0 Å². The van der Waals surface area contributed by atoms with Crippen LogP contribution in [-0.4, -0.2) is 27.7 Å². The van der Waals surface area contributed by atoms with Gasteiger partial charge in [-0.05, 0) is 5.56 Å². The Morgan fingerprint density at radius 2 is 2.00 bits per heavy atom. The molecule has 2 atom stereocenters. The van der Waals surface area contributed by atoms with E-state index in [1.165, 1.54) is 0 Å². The van der Waals surface area contributed by atoms with Crippen molar-refractivity contribution in [2.45, 2.75) is 11.9 Å². The van der Waals surface area contributed by atoms with Crippen LogP contribution in [0.3, 0.4) is 0 Å². The van der Waals surface area contributed by atoms with Crippen LogP contribution in [0.25, 0.3) is 0 Å². The van der Waals surface area contributed by atoms with Gasteiger partial charge in [0, 0.05) is 23.1 Å². The van der Waals surface area contributed by atoms with Gasteiger partial charge in [-0.1, -0.05) is 30.3 Å². The minimum atomic E-state index is -1.03. The Kier molecular flexibility index (Phi) is 4.79. The van der Waals surface area contributed by atoms with Crippen LogP contribution in [0.4, 0.5) is 0 Å². The molecule has 1 rings (SSSR count). The van der Waals surface area contributed by atoms with Crippen molar-refractivity contribution in [1.29, 1.82) is 0 Å². The Bertz CT molecular complexity index is 289. The molecule has 0 saturated heterocycles. The minimum Gasteiger partial charge on any atom is -0.391 e. The molecule has 0 amide bonds. The fourth-order valence-corrected chi connectivity index (χ4v) is 2.35. The van der Waals surface area contributed by atoms with Gasteiger partial charge < -0.3 is 10.8 Å². The first-order valence-corrected chi connectivity index (χ1v) is 5.98. The molecule has 78 valence electrons. The molecule has 0 spiro atoms. The summed E-state index contributed by atoms with van der Waals surface area (Å²) in [4.78, 5) is 0. The molecule has 2 unspecified atom stereocenters. The molecule has 0 aliphatic heterocycles. The number of hydrogen-bond donors (Lipinski definition) is 2. The molecule has 0 radical (unpaired) electrons. The van der Waals surface area contributed by atoms with Crippen LogP contribution < -0.4 is 5.73 Å². The van der Waals surface area contributed by atoms with E-state index in [1.807, 2.05) is 30.3 Å². The van der Waals surface area contributed by atoms with Crippen molar-refractivity contribution in [1.82, 2.24) is 0 Å². The SMILES string of the molecule is NCC(O)CS(=O)Cc1ccccc1. The van der Waals surface area contributed by atoms with Crippen molar-refractivity contribution >= 4 is 10.8 Å². The summed E-state index contributed by atoms with van der Waals surface area (Å²) >= 11 is 0. The molecule has 0 bridgehead atoms. The van der Waals surface area contributed by atoms with E-state index in [0.29, 0.717) is 5.75 Å². The van der Waals surface area contributed by atoms with Gasteiger partial charge in [0.2, 0.25) is 0 Å². The van der Waals surface area contributed by atoms with Gasteiger partial charge in [-0.2, -0.15) is 0 Å². The predicted molar refractivity (Wildman–Crippen MR) is 58.2 cm³/mol. The zero-order valence-corrected chi connectivity index (χ0v) is 8.74. The highest BCUT2D eigenvalue weighted by Gasteiger charge is 2.07. The van der Waals surface area contributed by atoms with Crippen molar-refractivity contribution in [3.63, 3.8) is 0 Å². The third-order valence-corrected chi connectivity index (χ3v) is 3.23. The van der Waals surface area contributed by atoms with Gasteiger partial charge in [-0.3, -0.25) is 4.21 Å². The molecule has 0 saturated carbocycles. The van der Waals surface area contributed by atoms with E-state index in [1.54, 1.807) is 0 Å². The maximum Gasteiger partial charge on any atom is 0.0777 e. The quantitative estimate of drug-likeness (QED) is 0.737. The van der Waals surface area contributed by atoms with Crippen LogP contribution >= 0.6 is 0 Å². The first-order valence-electron chi connectivity index (χ1n) is 4.49. The van der Waals surface area contributed by atoms with Crippen molar-refractivity contribution in [3.05, 3.63) is 35.9 Å². The molecule has 0 aliphatic rings. The lowest BCUT2D eigenvalue weighted by molar-refractivity contribution is 0.207. The Balaban J connectivity index is 2.42. The van der Waals surface area contributed by atoms with E-state index in [0.717, 1.165) is 5.56 Å². The monoisotopic (exact) mass is 213 g/mol. The zero-order valence-electron chi connectivity index (χ0n) is 7.93. The zero-order chi connectivity index (χ0) is 10.4. The van der Waals surface area contributed by atoms with Gasteiger partial charge in [0.15, 0.2) is 0 Å². The predicted octanol–water partition coefficient (Wildman–Crippen LogP) is 0.255. The summed E-state index contributed by atoms with van der Waals surface area (Å²) in [5.41, 5.74) is 6.25. The van der Waals surface area contributed by atoms with Gasteiger partial charge in [0.05, 0.1) is 11.9 Å². The van der Waals surface area contributed by atoms with Crippen molar-refractivity contribution in [2.75, 3.05) is 12.3 Å². The van der Waals surface area contributed by atoms with E-state index in [2.05, 4.69) is 0 Å². The molecule has 1 aromatic rings. The Morgan fingerprint density at radius 3 is 2.57 bits per heavy atom. The van der Waals surface area contributed by atoms with Gasteiger partial charge in [0.25, 0.3) is 0 Å². The second kappa shape index (κ2) is 5.90. The average molecular weight is 213 g/mol. The van der Waals surface area contributed by atoms with E-state index < -0.39 is 16.9 Å². The lowest BCUT2D eigenvalue weighted by atomic mass is 10.2. The van der Waals surface area contributed by atoms with Crippen molar-refractivity contribution < 1.29 is 9.32 Å². The second-order valence-electron chi connectivity index (χ2n) is 3.13. The van der Waals surface area contributed by atoms with Crippen LogP contribution in [0.15, 0.2) is 30.3 Å². The van der Waals surface area contributed by atoms with E-state index in [4.69, 9.17) is 5.73 Å². The van der Waals surface area contributed by atoms with E-state index >= 15 is 0 Å². The first-order chi connectivity index (χ1) is 6.72. The molecule has 4 heteroatoms. The van der Waals surface area contributed by atoms with Crippen LogP contribution in [0.2, 0.25) is 0 Å². The lowest BCUT2D eigenvalue weighted by Gasteiger charge is -2.06. The largest absolute Gasteiger partial charge is 0.391 e. The molecule has 0 aromatic heterocycles. The molecular weight excluding hydrogens is 198 g/mol. The topological polar surface area (TPSA) is 63.3 Å².